The number of likely N-dealkylation sites (tertiary alicyclic amines) is 1. The highest BCUT2D eigenvalue weighted by Crippen LogP contribution is 2.24. The summed E-state index contributed by atoms with van der Waals surface area (Å²) < 4.78 is 11.5. The molecule has 152 valence electrons. The maximum absolute atomic E-state index is 10.9. The van der Waals surface area contributed by atoms with Crippen LogP contribution in [0.4, 0.5) is 0 Å². The van der Waals surface area contributed by atoms with Crippen molar-refractivity contribution in [1.29, 1.82) is 5.26 Å². The van der Waals surface area contributed by atoms with Crippen molar-refractivity contribution in [2.45, 2.75) is 40.0 Å². The van der Waals surface area contributed by atoms with Crippen molar-refractivity contribution >= 4 is 5.97 Å². The van der Waals surface area contributed by atoms with Crippen molar-refractivity contribution in [3.05, 3.63) is 52.8 Å². The molecule has 0 radical (unpaired) electrons. The fourth-order valence-electron chi connectivity index (χ4n) is 3.23. The predicted molar refractivity (Wildman–Crippen MR) is 107 cm³/mol. The van der Waals surface area contributed by atoms with Crippen molar-refractivity contribution in [3.63, 3.8) is 0 Å². The molecule has 1 aromatic carbocycles. The zero-order chi connectivity index (χ0) is 21.0. The van der Waals surface area contributed by atoms with Crippen molar-refractivity contribution < 1.29 is 19.4 Å². The topological polar surface area (TPSA) is 95.7 Å². The number of nitrogens with zero attached hydrogens (tertiary/aromatic N) is 3. The number of pyridine rings is 1. The van der Waals surface area contributed by atoms with Crippen LogP contribution in [0.25, 0.3) is 0 Å². The molecule has 0 amide bonds. The molecule has 7 heteroatoms. The summed E-state index contributed by atoms with van der Waals surface area (Å²) in [6.45, 7) is 7.95. The van der Waals surface area contributed by atoms with E-state index in [0.717, 1.165) is 23.4 Å². The third kappa shape index (κ3) is 5.24. The molecule has 1 aliphatic rings. The number of ether oxygens (including phenoxy) is 2. The quantitative estimate of drug-likeness (QED) is 0.733. The molecule has 0 bridgehead atoms. The van der Waals surface area contributed by atoms with E-state index in [9.17, 15) is 10.1 Å². The monoisotopic (exact) mass is 395 g/mol. The van der Waals surface area contributed by atoms with Crippen LogP contribution >= 0.6 is 0 Å². The number of nitriles is 1. The molecule has 7 nitrogen and oxygen atoms in total. The van der Waals surface area contributed by atoms with Crippen molar-refractivity contribution in [3.8, 4) is 17.6 Å². The van der Waals surface area contributed by atoms with Gasteiger partial charge < -0.3 is 14.6 Å². The molecule has 2 aromatic rings. The molecule has 1 fully saturated rings. The molecule has 1 N–H and O–H groups in total. The average Bonchev–Trinajstić information content (AvgIpc) is 2.63. The molecule has 29 heavy (non-hydrogen) atoms. The summed E-state index contributed by atoms with van der Waals surface area (Å²) in [6.07, 6.45) is -0.0292. The Morgan fingerprint density at radius 2 is 2.03 bits per heavy atom. The van der Waals surface area contributed by atoms with Gasteiger partial charge >= 0.3 is 5.97 Å². The van der Waals surface area contributed by atoms with E-state index >= 15 is 0 Å². The smallest absolute Gasteiger partial charge is 0.309 e. The minimum atomic E-state index is -0.724. The first kappa shape index (κ1) is 20.6. The second kappa shape index (κ2) is 8.93. The largest absolute Gasteiger partial charge is 0.488 e. The van der Waals surface area contributed by atoms with Crippen LogP contribution in [0.1, 0.15) is 36.4 Å². The van der Waals surface area contributed by atoms with Gasteiger partial charge in [0.15, 0.2) is 11.4 Å². The van der Waals surface area contributed by atoms with Crippen molar-refractivity contribution in [2.24, 2.45) is 5.92 Å². The van der Waals surface area contributed by atoms with Crippen molar-refractivity contribution in [1.82, 2.24) is 9.88 Å². The molecule has 1 saturated heterocycles. The van der Waals surface area contributed by atoms with Crippen LogP contribution in [0.15, 0.2) is 30.3 Å². The Morgan fingerprint density at radius 3 is 2.66 bits per heavy atom. The van der Waals surface area contributed by atoms with Crippen LogP contribution < -0.4 is 9.47 Å². The number of carbonyl (C=O) groups is 1. The van der Waals surface area contributed by atoms with E-state index in [1.54, 1.807) is 12.1 Å². The highest BCUT2D eigenvalue weighted by Gasteiger charge is 2.32. The Kier molecular flexibility index (Phi) is 6.35. The van der Waals surface area contributed by atoms with Gasteiger partial charge in [0.2, 0.25) is 0 Å². The third-order valence-corrected chi connectivity index (χ3v) is 4.71. The lowest BCUT2D eigenvalue weighted by atomic mass is 9.99. The van der Waals surface area contributed by atoms with E-state index in [4.69, 9.17) is 14.6 Å². The fourth-order valence-corrected chi connectivity index (χ4v) is 3.23. The molecule has 3 rings (SSSR count). The van der Waals surface area contributed by atoms with Crippen LogP contribution in [0.3, 0.4) is 0 Å². The maximum atomic E-state index is 10.9. The number of carboxylic acid groups (broad SMARTS) is 1. The number of benzene rings is 1. The predicted octanol–water partition coefficient (Wildman–Crippen LogP) is 3.14. The molecular weight excluding hydrogens is 370 g/mol. The number of hydrogen-bond acceptors (Lipinski definition) is 6. The second-order valence-electron chi connectivity index (χ2n) is 7.55. The van der Waals surface area contributed by atoms with Crippen LogP contribution in [-0.2, 0) is 17.9 Å². The fraction of sp³-hybridized carbons (Fsp3) is 0.409. The summed E-state index contributed by atoms with van der Waals surface area (Å²) in [4.78, 5) is 17.3. The minimum absolute atomic E-state index is 0.0292. The summed E-state index contributed by atoms with van der Waals surface area (Å²) in [5.74, 6) is 0.256. The number of aromatic nitrogens is 1. The molecule has 0 spiro atoms. The van der Waals surface area contributed by atoms with Gasteiger partial charge in [0.05, 0.1) is 17.7 Å². The van der Waals surface area contributed by atoms with Crippen LogP contribution in [0.5, 0.6) is 11.5 Å². The average molecular weight is 395 g/mol. The van der Waals surface area contributed by atoms with E-state index in [1.165, 1.54) is 0 Å². The molecule has 2 heterocycles. The normalized spacial score (nSPS) is 14.3. The van der Waals surface area contributed by atoms with Gasteiger partial charge in [-0.3, -0.25) is 9.69 Å². The van der Waals surface area contributed by atoms with Crippen molar-refractivity contribution in [2.75, 3.05) is 13.1 Å². The lowest BCUT2D eigenvalue weighted by molar-refractivity contribution is -0.147. The minimum Gasteiger partial charge on any atom is -0.488 e. The summed E-state index contributed by atoms with van der Waals surface area (Å²) in [6, 6.07) is 11.6. The lowest BCUT2D eigenvalue weighted by Gasteiger charge is -2.36. The van der Waals surface area contributed by atoms with Gasteiger partial charge in [-0.25, -0.2) is 4.98 Å². The van der Waals surface area contributed by atoms with Gasteiger partial charge in [-0.1, -0.05) is 12.1 Å². The Morgan fingerprint density at radius 1 is 1.31 bits per heavy atom. The zero-order valence-corrected chi connectivity index (χ0v) is 16.9. The van der Waals surface area contributed by atoms with Crippen LogP contribution in [0, 0.1) is 24.2 Å². The number of rotatable bonds is 8. The Hall–Kier alpha value is -3.11. The van der Waals surface area contributed by atoms with Gasteiger partial charge in [0, 0.05) is 19.6 Å². The first-order valence-corrected chi connectivity index (χ1v) is 9.60. The SMILES string of the molecule is Cc1cc(CN2CC(C(=O)O)C2)ccc1OCc1ccc(OC(C)C)c(C#N)n1. The number of hydrogen-bond donors (Lipinski definition) is 1. The van der Waals surface area contributed by atoms with E-state index < -0.39 is 5.97 Å². The van der Waals surface area contributed by atoms with E-state index in [1.807, 2.05) is 32.9 Å². The zero-order valence-electron chi connectivity index (χ0n) is 16.9. The lowest BCUT2D eigenvalue weighted by Crippen LogP contribution is -2.49. The van der Waals surface area contributed by atoms with Gasteiger partial charge in [-0.15, -0.1) is 0 Å². The standard InChI is InChI=1S/C22H25N3O4/c1-14(2)29-21-7-5-18(24-19(21)9-23)13-28-20-6-4-16(8-15(20)3)10-25-11-17(12-25)22(26)27/h4-8,14,17H,10-13H2,1-3H3,(H,26,27). The molecule has 0 unspecified atom stereocenters. The molecule has 0 saturated carbocycles. The number of aliphatic carboxylic acids is 1. The highest BCUT2D eigenvalue weighted by atomic mass is 16.5. The molecular formula is C22H25N3O4. The second-order valence-corrected chi connectivity index (χ2v) is 7.55. The molecule has 0 atom stereocenters. The molecule has 0 aliphatic carbocycles. The van der Waals surface area contributed by atoms with E-state index in [-0.39, 0.29) is 24.3 Å². The summed E-state index contributed by atoms with van der Waals surface area (Å²) >= 11 is 0. The summed E-state index contributed by atoms with van der Waals surface area (Å²) in [7, 11) is 0. The van der Waals surface area contributed by atoms with E-state index in [0.29, 0.717) is 24.5 Å². The summed E-state index contributed by atoms with van der Waals surface area (Å²) in [5.41, 5.74) is 3.03. The third-order valence-electron chi connectivity index (χ3n) is 4.71. The molecule has 1 aromatic heterocycles. The first-order chi connectivity index (χ1) is 13.9. The Balaban J connectivity index is 1.58. The van der Waals surface area contributed by atoms with Gasteiger partial charge in [0.1, 0.15) is 18.4 Å². The maximum Gasteiger partial charge on any atom is 0.309 e. The molecule has 1 aliphatic heterocycles. The Labute approximate surface area is 170 Å². The van der Waals surface area contributed by atoms with Gasteiger partial charge in [0.25, 0.3) is 0 Å². The summed E-state index contributed by atoms with van der Waals surface area (Å²) in [5, 5.41) is 18.3. The van der Waals surface area contributed by atoms with Crippen LogP contribution in [-0.4, -0.2) is 40.2 Å². The number of aryl methyl sites for hydroxylation is 1. The number of carboxylic acids is 1. The van der Waals surface area contributed by atoms with Gasteiger partial charge in [-0.05, 0) is 50.1 Å². The van der Waals surface area contributed by atoms with Gasteiger partial charge in [-0.2, -0.15) is 5.26 Å². The Bertz CT molecular complexity index is 930. The highest BCUT2D eigenvalue weighted by molar-refractivity contribution is 5.71. The first-order valence-electron chi connectivity index (χ1n) is 9.60. The van der Waals surface area contributed by atoms with E-state index in [2.05, 4.69) is 22.0 Å². The van der Waals surface area contributed by atoms with Crippen LogP contribution in [0.2, 0.25) is 0 Å².